The van der Waals surface area contributed by atoms with Gasteiger partial charge < -0.3 is 30.2 Å². The second kappa shape index (κ2) is 21.7. The first kappa shape index (κ1) is 45.0. The Morgan fingerprint density at radius 3 is 1.42 bits per heavy atom. The number of benzene rings is 4. The van der Waals surface area contributed by atoms with Gasteiger partial charge in [0.05, 0.1) is 29.2 Å². The van der Waals surface area contributed by atoms with Crippen LogP contribution in [0.3, 0.4) is 0 Å². The van der Waals surface area contributed by atoms with Gasteiger partial charge in [-0.25, -0.2) is 18.4 Å². The van der Waals surface area contributed by atoms with E-state index < -0.39 is 27.3 Å². The number of amides is 2. The Morgan fingerprint density at radius 2 is 1.07 bits per heavy atom. The number of quaternary nitrogens is 1. The molecule has 0 unspecified atom stereocenters. The molecule has 16 nitrogen and oxygen atoms in total. The molecule has 0 aliphatic rings. The molecule has 0 spiro atoms. The second-order valence-electron chi connectivity index (χ2n) is 13.2. The first-order valence-corrected chi connectivity index (χ1v) is 19.9. The highest BCUT2D eigenvalue weighted by atomic mass is 32.2. The third-order valence-corrected chi connectivity index (χ3v) is 9.25. The molecule has 7 N–H and O–H groups in total. The molecule has 0 bridgehead atoms. The number of carbonyl (C=O) groups excluding carboxylic acids is 2. The Morgan fingerprint density at radius 1 is 0.661 bits per heavy atom. The molecule has 2 heterocycles. The number of non-ortho nitro benzene ring substituents is 1. The first-order valence-electron chi connectivity index (χ1n) is 18.5. The van der Waals surface area contributed by atoms with Crippen LogP contribution in [0.15, 0.2) is 131 Å². The van der Waals surface area contributed by atoms with Crippen molar-refractivity contribution in [2.75, 3.05) is 4.72 Å². The van der Waals surface area contributed by atoms with Crippen molar-refractivity contribution in [2.45, 2.75) is 64.5 Å². The number of nitro benzene ring substituents is 1. The molecule has 0 fully saturated rings. The predicted molar refractivity (Wildman–Crippen MR) is 220 cm³/mol. The normalized spacial score (nSPS) is 11.8. The molecule has 6 rings (SSSR count). The van der Waals surface area contributed by atoms with E-state index in [0.29, 0.717) is 31.0 Å². The van der Waals surface area contributed by atoms with E-state index in [1.54, 1.807) is 36.8 Å². The van der Waals surface area contributed by atoms with Gasteiger partial charge in [0, 0.05) is 30.7 Å². The molecule has 4 aromatic carbocycles. The summed E-state index contributed by atoms with van der Waals surface area (Å²) in [5, 5.41) is 16.8. The van der Waals surface area contributed by atoms with Gasteiger partial charge in [0.1, 0.15) is 24.6 Å². The molecule has 0 aliphatic carbocycles. The molecule has 17 heteroatoms. The lowest BCUT2D eigenvalue weighted by molar-refractivity contribution is -0.384. The van der Waals surface area contributed by atoms with Crippen molar-refractivity contribution in [3.8, 4) is 0 Å². The summed E-state index contributed by atoms with van der Waals surface area (Å²) in [5.41, 5.74) is 5.24. The van der Waals surface area contributed by atoms with Crippen molar-refractivity contribution >= 4 is 33.5 Å². The van der Waals surface area contributed by atoms with E-state index in [1.165, 1.54) is 24.3 Å². The number of carbonyl (C=O) groups is 2. The topological polar surface area (TPSA) is 259 Å². The van der Waals surface area contributed by atoms with Crippen molar-refractivity contribution in [3.63, 3.8) is 0 Å². The van der Waals surface area contributed by atoms with Crippen LogP contribution in [-0.4, -0.2) is 39.7 Å². The molecule has 2 amide bonds. The fourth-order valence-electron chi connectivity index (χ4n) is 5.82. The third kappa shape index (κ3) is 14.6. The zero-order chi connectivity index (χ0) is 41.5. The smallest absolute Gasteiger partial charge is 0.269 e. The average Bonchev–Trinajstić information content (AvgIpc) is 3.90. The van der Waals surface area contributed by atoms with Gasteiger partial charge in [-0.2, -0.15) is 0 Å². The molecule has 0 saturated heterocycles. The zero-order valence-electron chi connectivity index (χ0n) is 32.9. The van der Waals surface area contributed by atoms with Crippen molar-refractivity contribution in [3.05, 3.63) is 177 Å². The number of oxazole rings is 2. The van der Waals surface area contributed by atoms with Crippen molar-refractivity contribution in [2.24, 2.45) is 0 Å². The number of hydrogen-bond acceptors (Lipinski definition) is 11. The minimum Gasteiger partial charge on any atom is -0.731 e. The number of nitrogens with zero attached hydrogens (tertiary/aromatic N) is 3. The van der Waals surface area contributed by atoms with Gasteiger partial charge in [-0.15, -0.1) is 0 Å². The Bertz CT molecular complexity index is 2350. The van der Waals surface area contributed by atoms with Crippen LogP contribution in [-0.2, 0) is 58.4 Å². The molecular formula is C42H47N7O9S. The standard InChI is InChI=1S/C21H23N3O5S.C21H21N3O4.H3N/c1-2-17-14-29-21(22-17)19(23-20(25)13-15-6-4-3-5-7-15)12-16-8-10-18(11-9-16)24-30(26,27)28;1-2-17-14-28-21(22-17)19(12-16-8-10-18(11-9-16)24(26)27)23-20(25)13-15-6-4-3-5-7-15;/h3-11,14,19,24H,2,12-13H2,1H3,(H,23,25)(H,26,27,28);3-11,14,19H,2,12-13H2,1H3,(H,23,25);1H3/t2*19-;/m00./s1. The Labute approximate surface area is 342 Å². The summed E-state index contributed by atoms with van der Waals surface area (Å²) in [6.45, 7) is 3.93. The minimum atomic E-state index is -4.58. The third-order valence-electron chi connectivity index (χ3n) is 8.77. The number of nitrogens with one attached hydrogen (secondary N) is 3. The highest BCUT2D eigenvalue weighted by molar-refractivity contribution is 7.87. The lowest BCUT2D eigenvalue weighted by Crippen LogP contribution is -2.31. The predicted octanol–water partition coefficient (Wildman–Crippen LogP) is 6.92. The first-order chi connectivity index (χ1) is 27.9. The molecule has 2 aromatic heterocycles. The maximum atomic E-state index is 12.6. The highest BCUT2D eigenvalue weighted by Crippen LogP contribution is 2.23. The molecular weight excluding hydrogens is 779 g/mol. The average molecular weight is 826 g/mol. The molecule has 6 aromatic rings. The number of nitro groups is 1. The van der Waals surface area contributed by atoms with Gasteiger partial charge in [-0.05, 0) is 47.2 Å². The van der Waals surface area contributed by atoms with Gasteiger partial charge in [-0.1, -0.05) is 98.8 Å². The molecule has 59 heavy (non-hydrogen) atoms. The van der Waals surface area contributed by atoms with Crippen LogP contribution in [0.25, 0.3) is 0 Å². The zero-order valence-corrected chi connectivity index (χ0v) is 33.7. The van der Waals surface area contributed by atoms with E-state index in [-0.39, 0.29) is 42.2 Å². The molecule has 310 valence electrons. The van der Waals surface area contributed by atoms with Crippen LogP contribution in [0, 0.1) is 10.1 Å². The molecule has 0 saturated carbocycles. The van der Waals surface area contributed by atoms with E-state index in [2.05, 4.69) is 20.6 Å². The largest absolute Gasteiger partial charge is 0.731 e. The Kier molecular flexibility index (Phi) is 16.6. The highest BCUT2D eigenvalue weighted by Gasteiger charge is 2.22. The summed E-state index contributed by atoms with van der Waals surface area (Å²) in [7, 11) is -4.58. The fourth-order valence-corrected chi connectivity index (χ4v) is 6.25. The summed E-state index contributed by atoms with van der Waals surface area (Å²) in [4.78, 5) is 44.4. The van der Waals surface area contributed by atoms with E-state index in [0.717, 1.165) is 40.1 Å². The molecule has 2 atom stereocenters. The van der Waals surface area contributed by atoms with Crippen LogP contribution in [0.2, 0.25) is 0 Å². The van der Waals surface area contributed by atoms with Gasteiger partial charge in [-0.3, -0.25) is 24.4 Å². The summed E-state index contributed by atoms with van der Waals surface area (Å²) in [6.07, 6.45) is 5.86. The van der Waals surface area contributed by atoms with Gasteiger partial charge in [0.15, 0.2) is 10.3 Å². The number of hydrogen-bond donors (Lipinski definition) is 4. The maximum absolute atomic E-state index is 12.6. The number of anilines is 1. The Balaban J connectivity index is 0.000000257. The van der Waals surface area contributed by atoms with E-state index in [1.807, 2.05) is 79.2 Å². The summed E-state index contributed by atoms with van der Waals surface area (Å²) in [6, 6.07) is 30.5. The SMILES string of the molecule is CCc1coc([C@H](Cc2ccc(NS(=O)(=O)[O-])cc2)NC(=O)Cc2ccccc2)n1.CCc1coc([C@H](Cc2ccc([N+](=O)[O-])cc2)NC(=O)Cc2ccccc2)n1.[NH4+]. The fraction of sp³-hybridized carbons (Fsp3) is 0.238. The molecule has 0 radical (unpaired) electrons. The van der Waals surface area contributed by atoms with Gasteiger partial charge in [0.25, 0.3) is 5.69 Å². The van der Waals surface area contributed by atoms with Crippen LogP contribution >= 0.6 is 0 Å². The van der Waals surface area contributed by atoms with Crippen LogP contribution in [0.1, 0.15) is 71.4 Å². The minimum absolute atomic E-state index is 0. The number of rotatable bonds is 17. The lowest BCUT2D eigenvalue weighted by atomic mass is 10.0. The van der Waals surface area contributed by atoms with E-state index in [9.17, 15) is 32.7 Å². The summed E-state index contributed by atoms with van der Waals surface area (Å²) in [5.74, 6) is 0.516. The maximum Gasteiger partial charge on any atom is 0.269 e. The summed E-state index contributed by atoms with van der Waals surface area (Å²) < 4.78 is 45.5. The second-order valence-corrected chi connectivity index (χ2v) is 14.3. The number of aryl methyl sites for hydroxylation is 2. The van der Waals surface area contributed by atoms with Crippen molar-refractivity contribution in [1.29, 1.82) is 0 Å². The summed E-state index contributed by atoms with van der Waals surface area (Å²) >= 11 is 0. The monoisotopic (exact) mass is 825 g/mol. The molecule has 0 aliphatic heterocycles. The van der Waals surface area contributed by atoms with Crippen LogP contribution < -0.4 is 21.5 Å². The Hall–Kier alpha value is -6.69. The van der Waals surface area contributed by atoms with Crippen LogP contribution in [0.4, 0.5) is 11.4 Å². The van der Waals surface area contributed by atoms with Crippen molar-refractivity contribution in [1.82, 2.24) is 26.8 Å². The van der Waals surface area contributed by atoms with E-state index in [4.69, 9.17) is 8.83 Å². The quantitative estimate of drug-likeness (QED) is 0.0417. The number of aromatic nitrogens is 2. The van der Waals surface area contributed by atoms with Crippen molar-refractivity contribution < 1.29 is 36.3 Å². The van der Waals surface area contributed by atoms with Gasteiger partial charge >= 0.3 is 0 Å². The van der Waals surface area contributed by atoms with Gasteiger partial charge in [0.2, 0.25) is 23.6 Å². The van der Waals surface area contributed by atoms with E-state index >= 15 is 0 Å². The van der Waals surface area contributed by atoms with Crippen LogP contribution in [0.5, 0.6) is 0 Å². The lowest BCUT2D eigenvalue weighted by Gasteiger charge is -2.17.